The van der Waals surface area contributed by atoms with Gasteiger partial charge in [0, 0.05) is 25.1 Å². The van der Waals surface area contributed by atoms with E-state index in [1.54, 1.807) is 35.3 Å². The molecule has 2 aliphatic rings. The molecule has 1 aromatic rings. The molecule has 1 aromatic carbocycles. The zero-order valence-corrected chi connectivity index (χ0v) is 17.0. The molecule has 3 unspecified atom stereocenters. The van der Waals surface area contributed by atoms with Crippen LogP contribution in [0.25, 0.3) is 0 Å². The second-order valence-electron chi connectivity index (χ2n) is 7.63. The minimum absolute atomic E-state index is 0.360. The summed E-state index contributed by atoms with van der Waals surface area (Å²) in [6.45, 7) is 1.13. The molecule has 2 heterocycles. The highest BCUT2D eigenvalue weighted by Gasteiger charge is 2.42. The van der Waals surface area contributed by atoms with E-state index in [-0.39, 0.29) is 12.3 Å². The van der Waals surface area contributed by atoms with Crippen molar-refractivity contribution in [3.05, 3.63) is 35.9 Å². The predicted octanol–water partition coefficient (Wildman–Crippen LogP) is -0.0548. The molecule has 0 spiro atoms. The Morgan fingerprint density at radius 1 is 1.13 bits per heavy atom. The van der Waals surface area contributed by atoms with Crippen LogP contribution in [0.1, 0.15) is 42.5 Å². The third-order valence-electron chi connectivity index (χ3n) is 5.52. The Balaban J connectivity index is 1.77. The van der Waals surface area contributed by atoms with Gasteiger partial charge in [-0.3, -0.25) is 19.4 Å². The summed E-state index contributed by atoms with van der Waals surface area (Å²) < 4.78 is 0. The molecule has 3 atom stereocenters. The number of rotatable bonds is 7. The Morgan fingerprint density at radius 3 is 2.45 bits per heavy atom. The third-order valence-corrected chi connectivity index (χ3v) is 5.52. The van der Waals surface area contributed by atoms with Gasteiger partial charge in [-0.1, -0.05) is 18.2 Å². The zero-order chi connectivity index (χ0) is 22.4. The molecule has 0 aromatic heterocycles. The first kappa shape index (κ1) is 22.4. The molecule has 166 valence electrons. The van der Waals surface area contributed by atoms with Gasteiger partial charge in [0.15, 0.2) is 0 Å². The standard InChI is InChI=1S/C21H26N4O6/c26-13-10-16(21(30)31)23-19(28)17-9-5-12-24-11-4-8-15(20(29)25(17)24)22-18(27)14-6-2-1-3-7-14/h1-3,6-7,13,15-17H,4-5,8-12H2,(H,22,27)(H,23,28)(H,30,31). The number of fused-ring (bicyclic) bond motifs is 1. The highest BCUT2D eigenvalue weighted by atomic mass is 16.4. The molecule has 3 amide bonds. The molecule has 0 saturated carbocycles. The molecule has 2 fully saturated rings. The van der Waals surface area contributed by atoms with Crippen molar-refractivity contribution >= 4 is 30.0 Å². The van der Waals surface area contributed by atoms with Crippen molar-refractivity contribution in [1.82, 2.24) is 20.7 Å². The number of nitrogens with zero attached hydrogens (tertiary/aromatic N) is 2. The van der Waals surface area contributed by atoms with Crippen LogP contribution < -0.4 is 10.6 Å². The molecule has 31 heavy (non-hydrogen) atoms. The maximum atomic E-state index is 13.3. The molecular weight excluding hydrogens is 404 g/mol. The van der Waals surface area contributed by atoms with Gasteiger partial charge in [0.05, 0.1) is 0 Å². The minimum Gasteiger partial charge on any atom is -0.480 e. The van der Waals surface area contributed by atoms with E-state index in [2.05, 4.69) is 10.6 Å². The Bertz CT molecular complexity index is 846. The highest BCUT2D eigenvalue weighted by Crippen LogP contribution is 2.24. The van der Waals surface area contributed by atoms with Gasteiger partial charge in [-0.25, -0.2) is 9.80 Å². The molecule has 0 bridgehead atoms. The van der Waals surface area contributed by atoms with E-state index < -0.39 is 35.9 Å². The summed E-state index contributed by atoms with van der Waals surface area (Å²) in [5.74, 6) is -2.71. The van der Waals surface area contributed by atoms with E-state index in [1.807, 2.05) is 0 Å². The highest BCUT2D eigenvalue weighted by molar-refractivity contribution is 5.98. The molecule has 10 nitrogen and oxygen atoms in total. The van der Waals surface area contributed by atoms with Gasteiger partial charge in [0.25, 0.3) is 11.8 Å². The molecule has 10 heteroatoms. The van der Waals surface area contributed by atoms with Crippen molar-refractivity contribution in [1.29, 1.82) is 0 Å². The van der Waals surface area contributed by atoms with Crippen LogP contribution in [-0.4, -0.2) is 76.3 Å². The van der Waals surface area contributed by atoms with E-state index in [1.165, 1.54) is 5.01 Å². The maximum Gasteiger partial charge on any atom is 0.326 e. The largest absolute Gasteiger partial charge is 0.480 e. The number of hydrazine groups is 1. The Hall–Kier alpha value is -3.27. The van der Waals surface area contributed by atoms with Crippen molar-refractivity contribution in [2.24, 2.45) is 0 Å². The molecule has 3 rings (SSSR count). The van der Waals surface area contributed by atoms with E-state index in [4.69, 9.17) is 0 Å². The number of nitrogens with one attached hydrogen (secondary N) is 2. The molecule has 0 radical (unpaired) electrons. The number of aliphatic carboxylic acids is 1. The summed E-state index contributed by atoms with van der Waals surface area (Å²) in [6, 6.07) is 5.51. The summed E-state index contributed by atoms with van der Waals surface area (Å²) in [4.78, 5) is 60.8. The Kier molecular flexibility index (Phi) is 7.35. The summed E-state index contributed by atoms with van der Waals surface area (Å²) in [6.07, 6.45) is 2.18. The van der Waals surface area contributed by atoms with E-state index >= 15 is 0 Å². The van der Waals surface area contributed by atoms with Crippen LogP contribution in [0.5, 0.6) is 0 Å². The maximum absolute atomic E-state index is 13.3. The van der Waals surface area contributed by atoms with Crippen LogP contribution >= 0.6 is 0 Å². The van der Waals surface area contributed by atoms with Gasteiger partial charge in [0.1, 0.15) is 24.4 Å². The van der Waals surface area contributed by atoms with Crippen molar-refractivity contribution in [2.45, 2.75) is 50.2 Å². The van der Waals surface area contributed by atoms with Crippen LogP contribution in [0.15, 0.2) is 30.3 Å². The van der Waals surface area contributed by atoms with Gasteiger partial charge >= 0.3 is 5.97 Å². The van der Waals surface area contributed by atoms with Crippen molar-refractivity contribution in [3.8, 4) is 0 Å². The lowest BCUT2D eigenvalue weighted by molar-refractivity contribution is -0.167. The number of carboxylic acids is 1. The topological polar surface area (TPSA) is 136 Å². The van der Waals surface area contributed by atoms with Crippen molar-refractivity contribution < 1.29 is 29.1 Å². The fraction of sp³-hybridized carbons (Fsp3) is 0.476. The quantitative estimate of drug-likeness (QED) is 0.516. The number of hydrogen-bond donors (Lipinski definition) is 3. The van der Waals surface area contributed by atoms with Crippen molar-refractivity contribution in [3.63, 3.8) is 0 Å². The Morgan fingerprint density at radius 2 is 1.81 bits per heavy atom. The molecule has 2 saturated heterocycles. The fourth-order valence-corrected chi connectivity index (χ4v) is 3.96. The van der Waals surface area contributed by atoms with Crippen molar-refractivity contribution in [2.75, 3.05) is 13.1 Å². The van der Waals surface area contributed by atoms with Crippen LogP contribution in [0, 0.1) is 0 Å². The normalized spacial score (nSPS) is 22.6. The van der Waals surface area contributed by atoms with Crippen LogP contribution in [0.2, 0.25) is 0 Å². The van der Waals surface area contributed by atoms with E-state index in [0.29, 0.717) is 50.6 Å². The average molecular weight is 430 g/mol. The number of aldehydes is 1. The SMILES string of the molecule is O=CCC(NC(=O)C1CCCN2CCCC(NC(=O)c3ccccc3)C(=O)N12)C(=O)O. The average Bonchev–Trinajstić information content (AvgIpc) is 2.92. The van der Waals surface area contributed by atoms with Gasteiger partial charge in [0.2, 0.25) is 5.91 Å². The fourth-order valence-electron chi connectivity index (χ4n) is 3.96. The zero-order valence-electron chi connectivity index (χ0n) is 17.0. The van der Waals surface area contributed by atoms with Gasteiger partial charge in [-0.2, -0.15) is 0 Å². The molecule has 2 aliphatic heterocycles. The Labute approximate surface area is 179 Å². The first-order chi connectivity index (χ1) is 14.9. The molecule has 3 N–H and O–H groups in total. The lowest BCUT2D eigenvalue weighted by atomic mass is 10.0. The first-order valence-electron chi connectivity index (χ1n) is 10.3. The van der Waals surface area contributed by atoms with E-state index in [0.717, 1.165) is 0 Å². The second kappa shape index (κ2) is 10.2. The van der Waals surface area contributed by atoms with Crippen LogP contribution in [0.3, 0.4) is 0 Å². The number of carbonyl (C=O) groups is 5. The molecule has 0 aliphatic carbocycles. The lowest BCUT2D eigenvalue weighted by Gasteiger charge is -2.43. The van der Waals surface area contributed by atoms with Gasteiger partial charge in [-0.05, 0) is 37.8 Å². The van der Waals surface area contributed by atoms with Gasteiger partial charge in [-0.15, -0.1) is 0 Å². The van der Waals surface area contributed by atoms with Gasteiger partial charge < -0.3 is 20.5 Å². The van der Waals surface area contributed by atoms with Crippen LogP contribution in [0.4, 0.5) is 0 Å². The number of hydrogen-bond acceptors (Lipinski definition) is 6. The number of amides is 3. The number of carbonyl (C=O) groups excluding carboxylic acids is 4. The minimum atomic E-state index is -1.35. The smallest absolute Gasteiger partial charge is 0.326 e. The summed E-state index contributed by atoms with van der Waals surface area (Å²) in [5, 5.41) is 17.5. The predicted molar refractivity (Wildman–Crippen MR) is 109 cm³/mol. The lowest BCUT2D eigenvalue weighted by Crippen LogP contribution is -2.63. The van der Waals surface area contributed by atoms with Crippen LogP contribution in [-0.2, 0) is 19.2 Å². The molecular formula is C21H26N4O6. The summed E-state index contributed by atoms with van der Waals surface area (Å²) in [7, 11) is 0. The van der Waals surface area contributed by atoms with E-state index in [9.17, 15) is 29.1 Å². The number of benzene rings is 1. The second-order valence-corrected chi connectivity index (χ2v) is 7.63. The number of carboxylic acid groups (broad SMARTS) is 1. The first-order valence-corrected chi connectivity index (χ1v) is 10.3. The summed E-state index contributed by atoms with van der Waals surface area (Å²) in [5.41, 5.74) is 0.433. The third kappa shape index (κ3) is 5.26. The monoisotopic (exact) mass is 430 g/mol. The summed E-state index contributed by atoms with van der Waals surface area (Å²) >= 11 is 0.